The summed E-state index contributed by atoms with van der Waals surface area (Å²) in [5.41, 5.74) is 1.72. The van der Waals surface area contributed by atoms with Gasteiger partial charge in [-0.2, -0.15) is 0 Å². The molecule has 1 aliphatic carbocycles. The average molecular weight is 310 g/mol. The second-order valence-corrected chi connectivity index (χ2v) is 5.99. The molecule has 0 saturated heterocycles. The van der Waals surface area contributed by atoms with E-state index in [-0.39, 0.29) is 17.0 Å². The number of nitro groups is 1. The van der Waals surface area contributed by atoms with Gasteiger partial charge in [0, 0.05) is 29.7 Å². The second kappa shape index (κ2) is 6.20. The number of amides is 1. The summed E-state index contributed by atoms with van der Waals surface area (Å²) >= 11 is 0. The molecule has 2 aromatic rings. The Balaban J connectivity index is 1.67. The lowest BCUT2D eigenvalue weighted by Gasteiger charge is -2.42. The first-order chi connectivity index (χ1) is 11.1. The number of hydrogen-bond donors (Lipinski definition) is 1. The molecule has 1 saturated carbocycles. The number of hydrogen-bond acceptors (Lipinski definition) is 3. The van der Waals surface area contributed by atoms with E-state index in [1.807, 2.05) is 18.2 Å². The first-order valence-electron chi connectivity index (χ1n) is 7.69. The Bertz CT molecular complexity index is 707. The minimum absolute atomic E-state index is 0.0127. The summed E-state index contributed by atoms with van der Waals surface area (Å²) in [6.07, 6.45) is 3.30. The minimum Gasteiger partial charge on any atom is -0.351 e. The molecule has 1 fully saturated rings. The molecule has 0 bridgehead atoms. The lowest BCUT2D eigenvalue weighted by molar-refractivity contribution is -0.384. The summed E-state index contributed by atoms with van der Waals surface area (Å²) < 4.78 is 0. The number of rotatable bonds is 5. The maximum Gasteiger partial charge on any atom is 0.269 e. The van der Waals surface area contributed by atoms with Gasteiger partial charge in [0.1, 0.15) is 0 Å². The second-order valence-electron chi connectivity index (χ2n) is 5.99. The van der Waals surface area contributed by atoms with Crippen LogP contribution in [0.2, 0.25) is 0 Å². The fraction of sp³-hybridized carbons (Fsp3) is 0.278. The zero-order chi connectivity index (χ0) is 16.3. The van der Waals surface area contributed by atoms with E-state index in [0.29, 0.717) is 12.1 Å². The van der Waals surface area contributed by atoms with Crippen LogP contribution in [-0.4, -0.2) is 17.4 Å². The Morgan fingerprint density at radius 1 is 1.09 bits per heavy atom. The van der Waals surface area contributed by atoms with Gasteiger partial charge in [0.25, 0.3) is 11.6 Å². The minimum atomic E-state index is -0.472. The topological polar surface area (TPSA) is 72.2 Å². The van der Waals surface area contributed by atoms with E-state index in [0.717, 1.165) is 12.8 Å². The zero-order valence-electron chi connectivity index (χ0n) is 12.7. The van der Waals surface area contributed by atoms with E-state index in [9.17, 15) is 14.9 Å². The molecule has 0 aromatic heterocycles. The number of carbonyl (C=O) groups excluding carboxylic acids is 1. The first kappa shape index (κ1) is 15.2. The van der Waals surface area contributed by atoms with Crippen molar-refractivity contribution in [3.63, 3.8) is 0 Å². The van der Waals surface area contributed by atoms with Crippen molar-refractivity contribution in [2.45, 2.75) is 24.7 Å². The van der Waals surface area contributed by atoms with Crippen molar-refractivity contribution in [3.8, 4) is 0 Å². The van der Waals surface area contributed by atoms with Crippen LogP contribution < -0.4 is 5.32 Å². The van der Waals surface area contributed by atoms with Gasteiger partial charge in [-0.1, -0.05) is 36.8 Å². The third kappa shape index (κ3) is 3.08. The smallest absolute Gasteiger partial charge is 0.269 e. The van der Waals surface area contributed by atoms with Crippen LogP contribution in [0.3, 0.4) is 0 Å². The van der Waals surface area contributed by atoms with Gasteiger partial charge in [0.05, 0.1) is 4.92 Å². The molecule has 5 heteroatoms. The van der Waals surface area contributed by atoms with Gasteiger partial charge in [-0.05, 0) is 30.5 Å². The molecular formula is C18H18N2O3. The summed E-state index contributed by atoms with van der Waals surface area (Å²) in [5.74, 6) is -0.192. The molecule has 0 heterocycles. The predicted octanol–water partition coefficient (Wildman–Crippen LogP) is 3.45. The predicted molar refractivity (Wildman–Crippen MR) is 87.4 cm³/mol. The van der Waals surface area contributed by atoms with Crippen LogP contribution >= 0.6 is 0 Å². The Labute approximate surface area is 134 Å². The highest BCUT2D eigenvalue weighted by molar-refractivity contribution is 5.94. The Kier molecular flexibility index (Phi) is 4.10. The van der Waals surface area contributed by atoms with E-state index in [2.05, 4.69) is 17.4 Å². The van der Waals surface area contributed by atoms with Crippen molar-refractivity contribution in [1.82, 2.24) is 5.32 Å². The number of nitrogens with one attached hydrogen (secondary N) is 1. The van der Waals surface area contributed by atoms with Crippen LogP contribution in [0, 0.1) is 10.1 Å². The molecule has 5 nitrogen and oxygen atoms in total. The number of carbonyl (C=O) groups is 1. The highest BCUT2D eigenvalue weighted by atomic mass is 16.6. The highest BCUT2D eigenvalue weighted by Gasteiger charge is 2.38. The lowest BCUT2D eigenvalue weighted by atomic mass is 9.64. The van der Waals surface area contributed by atoms with E-state index >= 15 is 0 Å². The highest BCUT2D eigenvalue weighted by Crippen LogP contribution is 2.43. The fourth-order valence-electron chi connectivity index (χ4n) is 3.05. The molecule has 0 atom stereocenters. The molecule has 0 radical (unpaired) electrons. The molecule has 1 N–H and O–H groups in total. The van der Waals surface area contributed by atoms with Gasteiger partial charge >= 0.3 is 0 Å². The Morgan fingerprint density at radius 3 is 2.26 bits per heavy atom. The maximum absolute atomic E-state index is 12.3. The lowest BCUT2D eigenvalue weighted by Crippen LogP contribution is -2.45. The van der Waals surface area contributed by atoms with E-state index in [4.69, 9.17) is 0 Å². The molecular weight excluding hydrogens is 292 g/mol. The van der Waals surface area contributed by atoms with Crippen LogP contribution in [0.1, 0.15) is 35.2 Å². The third-order valence-electron chi connectivity index (χ3n) is 4.62. The average Bonchev–Trinajstić information content (AvgIpc) is 2.55. The van der Waals surface area contributed by atoms with Crippen molar-refractivity contribution >= 4 is 11.6 Å². The zero-order valence-corrected chi connectivity index (χ0v) is 12.7. The summed E-state index contributed by atoms with van der Waals surface area (Å²) in [4.78, 5) is 22.4. The van der Waals surface area contributed by atoms with Crippen LogP contribution in [0.15, 0.2) is 54.6 Å². The number of benzene rings is 2. The monoisotopic (exact) mass is 310 g/mol. The van der Waals surface area contributed by atoms with Crippen molar-refractivity contribution < 1.29 is 9.72 Å². The van der Waals surface area contributed by atoms with Crippen LogP contribution in [0.4, 0.5) is 5.69 Å². The van der Waals surface area contributed by atoms with E-state index in [1.54, 1.807) is 0 Å². The third-order valence-corrected chi connectivity index (χ3v) is 4.62. The van der Waals surface area contributed by atoms with E-state index < -0.39 is 4.92 Å². The normalized spacial score (nSPS) is 15.5. The molecule has 0 spiro atoms. The number of nitro benzene ring substituents is 1. The summed E-state index contributed by atoms with van der Waals surface area (Å²) in [5, 5.41) is 13.6. The molecule has 0 aliphatic heterocycles. The summed E-state index contributed by atoms with van der Waals surface area (Å²) in [6.45, 7) is 0.590. The molecule has 118 valence electrons. The van der Waals surface area contributed by atoms with Gasteiger partial charge in [0.15, 0.2) is 0 Å². The van der Waals surface area contributed by atoms with Crippen LogP contribution in [-0.2, 0) is 5.41 Å². The van der Waals surface area contributed by atoms with Crippen LogP contribution in [0.5, 0.6) is 0 Å². The van der Waals surface area contributed by atoms with E-state index in [1.165, 1.54) is 36.2 Å². The number of non-ortho nitro benzene ring substituents is 1. The summed E-state index contributed by atoms with van der Waals surface area (Å²) in [7, 11) is 0. The quantitative estimate of drug-likeness (QED) is 0.679. The van der Waals surface area contributed by atoms with Gasteiger partial charge in [-0.15, -0.1) is 0 Å². The molecule has 1 amide bonds. The largest absolute Gasteiger partial charge is 0.351 e. The Hall–Kier alpha value is -2.69. The maximum atomic E-state index is 12.3. The van der Waals surface area contributed by atoms with Crippen molar-refractivity contribution in [2.75, 3.05) is 6.54 Å². The fourth-order valence-corrected chi connectivity index (χ4v) is 3.05. The Morgan fingerprint density at radius 2 is 1.74 bits per heavy atom. The SMILES string of the molecule is O=C(NCC1(c2ccccc2)CCC1)c1ccc([N+](=O)[O-])cc1. The number of nitrogens with zero attached hydrogens (tertiary/aromatic N) is 1. The van der Waals surface area contributed by atoms with Crippen molar-refractivity contribution in [1.29, 1.82) is 0 Å². The molecule has 3 rings (SSSR count). The molecule has 23 heavy (non-hydrogen) atoms. The molecule has 1 aliphatic rings. The van der Waals surface area contributed by atoms with Gasteiger partial charge in [-0.25, -0.2) is 0 Å². The standard InChI is InChI=1S/C18H18N2O3/c21-17(14-7-9-16(10-8-14)20(22)23)19-13-18(11-4-12-18)15-5-2-1-3-6-15/h1-3,5-10H,4,11-13H2,(H,19,21). The van der Waals surface area contributed by atoms with Crippen LogP contribution in [0.25, 0.3) is 0 Å². The first-order valence-corrected chi connectivity index (χ1v) is 7.69. The van der Waals surface area contributed by atoms with Gasteiger partial charge in [0.2, 0.25) is 0 Å². The van der Waals surface area contributed by atoms with Crippen molar-refractivity contribution in [3.05, 3.63) is 75.8 Å². The summed E-state index contributed by atoms with van der Waals surface area (Å²) in [6, 6.07) is 15.9. The molecule has 2 aromatic carbocycles. The molecule has 0 unspecified atom stereocenters. The van der Waals surface area contributed by atoms with Gasteiger partial charge in [-0.3, -0.25) is 14.9 Å². The van der Waals surface area contributed by atoms with Crippen molar-refractivity contribution in [2.24, 2.45) is 0 Å². The van der Waals surface area contributed by atoms with Gasteiger partial charge < -0.3 is 5.32 Å².